The van der Waals surface area contributed by atoms with Gasteiger partial charge in [-0.3, -0.25) is 4.79 Å². The van der Waals surface area contributed by atoms with Gasteiger partial charge in [0.25, 0.3) is 5.91 Å². The summed E-state index contributed by atoms with van der Waals surface area (Å²) in [7, 11) is 0. The third kappa shape index (κ3) is 4.42. The summed E-state index contributed by atoms with van der Waals surface area (Å²) >= 11 is 0. The van der Waals surface area contributed by atoms with Crippen LogP contribution in [0.5, 0.6) is 0 Å². The molecule has 0 radical (unpaired) electrons. The molecule has 1 aromatic carbocycles. The number of nitrogens with zero attached hydrogens (tertiary/aromatic N) is 1. The molecule has 1 aliphatic rings. The summed E-state index contributed by atoms with van der Waals surface area (Å²) in [5.41, 5.74) is 5.81. The van der Waals surface area contributed by atoms with Gasteiger partial charge in [-0.05, 0) is 54.7 Å². The summed E-state index contributed by atoms with van der Waals surface area (Å²) in [4.78, 5) is 12.1. The zero-order chi connectivity index (χ0) is 15.5. The second-order valence-electron chi connectivity index (χ2n) is 7.15. The number of carbonyl (C=O) groups is 1. The predicted molar refractivity (Wildman–Crippen MR) is 87.7 cm³/mol. The van der Waals surface area contributed by atoms with Crippen LogP contribution in [0.3, 0.4) is 0 Å². The molecule has 1 atom stereocenters. The van der Waals surface area contributed by atoms with E-state index in [2.05, 4.69) is 38.2 Å². The topological polar surface area (TPSA) is 41.5 Å². The van der Waals surface area contributed by atoms with Crippen molar-refractivity contribution in [3.8, 4) is 0 Å². The largest absolute Gasteiger partial charge is 0.271 e. The summed E-state index contributed by atoms with van der Waals surface area (Å²) in [6.45, 7) is 8.73. The van der Waals surface area contributed by atoms with Crippen molar-refractivity contribution in [2.24, 2.45) is 11.0 Å². The first-order valence-corrected chi connectivity index (χ1v) is 7.82. The van der Waals surface area contributed by atoms with Crippen LogP contribution in [0.1, 0.15) is 69.3 Å². The Kier molecular flexibility index (Phi) is 4.81. The van der Waals surface area contributed by atoms with E-state index in [0.717, 1.165) is 18.6 Å². The fraction of sp³-hybridized carbons (Fsp3) is 0.556. The molecular formula is C18H26N2O. The van der Waals surface area contributed by atoms with Crippen molar-refractivity contribution in [1.29, 1.82) is 0 Å². The summed E-state index contributed by atoms with van der Waals surface area (Å²) in [5.74, 6) is 0.557. The van der Waals surface area contributed by atoms with Crippen LogP contribution in [0.4, 0.5) is 0 Å². The molecule has 114 valence electrons. The number of nitrogens with one attached hydrogen (secondary N) is 1. The Bertz CT molecular complexity index is 523. The Morgan fingerprint density at radius 2 is 1.90 bits per heavy atom. The Morgan fingerprint density at radius 1 is 1.24 bits per heavy atom. The molecule has 0 spiro atoms. The van der Waals surface area contributed by atoms with Crippen LogP contribution >= 0.6 is 0 Å². The van der Waals surface area contributed by atoms with Crippen molar-refractivity contribution in [1.82, 2.24) is 5.43 Å². The molecule has 0 bridgehead atoms. The van der Waals surface area contributed by atoms with Crippen molar-refractivity contribution in [3.63, 3.8) is 0 Å². The van der Waals surface area contributed by atoms with Gasteiger partial charge in [-0.2, -0.15) is 5.10 Å². The standard InChI is InChI=1S/C18H26N2O/c1-13-6-5-7-16(12-13)19-20-17(21)14-8-10-15(11-9-14)18(2,3)4/h8-11,13H,5-7,12H2,1-4H3,(H,20,21)/b19-16-. The molecule has 1 aromatic rings. The molecule has 1 saturated carbocycles. The van der Waals surface area contributed by atoms with E-state index in [1.807, 2.05) is 24.3 Å². The molecule has 0 saturated heterocycles. The third-order valence-corrected chi connectivity index (χ3v) is 4.08. The van der Waals surface area contributed by atoms with Crippen LogP contribution in [0.15, 0.2) is 29.4 Å². The molecule has 0 heterocycles. The van der Waals surface area contributed by atoms with Gasteiger partial charge in [-0.1, -0.05) is 39.8 Å². The van der Waals surface area contributed by atoms with Crippen LogP contribution in [0.2, 0.25) is 0 Å². The monoisotopic (exact) mass is 286 g/mol. The van der Waals surface area contributed by atoms with E-state index >= 15 is 0 Å². The van der Waals surface area contributed by atoms with Crippen LogP contribution in [-0.4, -0.2) is 11.6 Å². The summed E-state index contributed by atoms with van der Waals surface area (Å²) in [6.07, 6.45) is 4.45. The molecule has 3 nitrogen and oxygen atoms in total. The molecule has 1 fully saturated rings. The normalized spacial score (nSPS) is 21.3. The maximum Gasteiger partial charge on any atom is 0.271 e. The van der Waals surface area contributed by atoms with Gasteiger partial charge in [-0.15, -0.1) is 0 Å². The minimum atomic E-state index is -0.124. The van der Waals surface area contributed by atoms with Gasteiger partial charge < -0.3 is 0 Å². The van der Waals surface area contributed by atoms with Crippen molar-refractivity contribution in [3.05, 3.63) is 35.4 Å². The highest BCUT2D eigenvalue weighted by molar-refractivity contribution is 5.95. The number of hydrogen-bond donors (Lipinski definition) is 1. The molecule has 2 rings (SSSR count). The van der Waals surface area contributed by atoms with Crippen LogP contribution in [0, 0.1) is 5.92 Å². The SMILES string of the molecule is CC1CCC/C(=N/NC(=O)c2ccc(C(C)(C)C)cc2)C1. The number of hydrazone groups is 1. The minimum absolute atomic E-state index is 0.105. The second kappa shape index (κ2) is 6.42. The van der Waals surface area contributed by atoms with E-state index in [0.29, 0.717) is 11.5 Å². The number of carbonyl (C=O) groups excluding carboxylic acids is 1. The first-order chi connectivity index (χ1) is 9.86. The fourth-order valence-electron chi connectivity index (χ4n) is 2.68. The van der Waals surface area contributed by atoms with Crippen LogP contribution < -0.4 is 5.43 Å². The van der Waals surface area contributed by atoms with E-state index in [1.165, 1.54) is 18.4 Å². The van der Waals surface area contributed by atoms with Crippen molar-refractivity contribution in [2.75, 3.05) is 0 Å². The zero-order valence-electron chi connectivity index (χ0n) is 13.6. The Morgan fingerprint density at radius 3 is 2.48 bits per heavy atom. The van der Waals surface area contributed by atoms with Crippen LogP contribution in [0.25, 0.3) is 0 Å². The number of benzene rings is 1. The van der Waals surface area contributed by atoms with Gasteiger partial charge in [0.2, 0.25) is 0 Å². The Labute approximate surface area is 127 Å². The van der Waals surface area contributed by atoms with Gasteiger partial charge in [0, 0.05) is 11.3 Å². The number of hydrogen-bond acceptors (Lipinski definition) is 2. The molecule has 1 unspecified atom stereocenters. The van der Waals surface area contributed by atoms with Gasteiger partial charge in [0.1, 0.15) is 0 Å². The van der Waals surface area contributed by atoms with E-state index in [9.17, 15) is 4.79 Å². The molecule has 3 heteroatoms. The maximum absolute atomic E-state index is 12.1. The van der Waals surface area contributed by atoms with E-state index in [-0.39, 0.29) is 11.3 Å². The van der Waals surface area contributed by atoms with E-state index in [4.69, 9.17) is 0 Å². The van der Waals surface area contributed by atoms with E-state index in [1.54, 1.807) is 0 Å². The first-order valence-electron chi connectivity index (χ1n) is 7.82. The molecular weight excluding hydrogens is 260 g/mol. The van der Waals surface area contributed by atoms with Gasteiger partial charge >= 0.3 is 0 Å². The van der Waals surface area contributed by atoms with Crippen molar-refractivity contribution < 1.29 is 4.79 Å². The Hall–Kier alpha value is -1.64. The third-order valence-electron chi connectivity index (χ3n) is 4.08. The summed E-state index contributed by atoms with van der Waals surface area (Å²) in [6, 6.07) is 7.79. The number of rotatable bonds is 2. The maximum atomic E-state index is 12.1. The average Bonchev–Trinajstić information content (AvgIpc) is 2.44. The lowest BCUT2D eigenvalue weighted by Crippen LogP contribution is -2.22. The van der Waals surface area contributed by atoms with Gasteiger partial charge in [0.05, 0.1) is 0 Å². The molecule has 1 amide bonds. The van der Waals surface area contributed by atoms with Crippen molar-refractivity contribution in [2.45, 2.75) is 58.8 Å². The van der Waals surface area contributed by atoms with Crippen LogP contribution in [-0.2, 0) is 5.41 Å². The fourth-order valence-corrected chi connectivity index (χ4v) is 2.68. The zero-order valence-corrected chi connectivity index (χ0v) is 13.6. The number of amides is 1. The lowest BCUT2D eigenvalue weighted by Gasteiger charge is -2.19. The smallest absolute Gasteiger partial charge is 0.267 e. The van der Waals surface area contributed by atoms with Crippen molar-refractivity contribution >= 4 is 11.6 Å². The van der Waals surface area contributed by atoms with E-state index < -0.39 is 0 Å². The highest BCUT2D eigenvalue weighted by atomic mass is 16.2. The second-order valence-corrected chi connectivity index (χ2v) is 7.15. The highest BCUT2D eigenvalue weighted by Gasteiger charge is 2.16. The Balaban J connectivity index is 1.99. The molecule has 1 aliphatic carbocycles. The summed E-state index contributed by atoms with van der Waals surface area (Å²) < 4.78 is 0. The molecule has 0 aliphatic heterocycles. The first kappa shape index (κ1) is 15.7. The minimum Gasteiger partial charge on any atom is -0.267 e. The molecule has 0 aromatic heterocycles. The van der Waals surface area contributed by atoms with Gasteiger partial charge in [0.15, 0.2) is 0 Å². The highest BCUT2D eigenvalue weighted by Crippen LogP contribution is 2.22. The average molecular weight is 286 g/mol. The molecule has 1 N–H and O–H groups in total. The predicted octanol–water partition coefficient (Wildman–Crippen LogP) is 4.28. The quantitative estimate of drug-likeness (QED) is 0.810. The lowest BCUT2D eigenvalue weighted by atomic mass is 9.87. The molecule has 21 heavy (non-hydrogen) atoms. The van der Waals surface area contributed by atoms with Gasteiger partial charge in [-0.25, -0.2) is 5.43 Å². The summed E-state index contributed by atoms with van der Waals surface area (Å²) in [5, 5.41) is 4.30. The lowest BCUT2D eigenvalue weighted by molar-refractivity contribution is 0.0954.